The van der Waals surface area contributed by atoms with E-state index in [0.717, 1.165) is 16.9 Å². The van der Waals surface area contributed by atoms with E-state index >= 15 is 0 Å². The molecule has 4 rings (SSSR count). The van der Waals surface area contributed by atoms with Crippen LogP contribution in [0.15, 0.2) is 48.7 Å². The number of carbonyl (C=O) groups is 1. The molecule has 2 aliphatic heterocycles. The molecular formula is C21H27ClN4O5S. The third-order valence-corrected chi connectivity index (χ3v) is 8.69. The fourth-order valence-electron chi connectivity index (χ4n) is 4.18. The Morgan fingerprint density at radius 3 is 2.22 bits per heavy atom. The van der Waals surface area contributed by atoms with Gasteiger partial charge in [0.25, 0.3) is 5.91 Å². The van der Waals surface area contributed by atoms with E-state index in [4.69, 9.17) is 9.94 Å². The van der Waals surface area contributed by atoms with E-state index < -0.39 is 20.7 Å². The predicted octanol–water partition coefficient (Wildman–Crippen LogP) is 1.68. The summed E-state index contributed by atoms with van der Waals surface area (Å²) in [4.78, 5) is 19.0. The first-order chi connectivity index (χ1) is 15.0. The number of sulfonamides is 1. The fourth-order valence-corrected chi connectivity index (χ4v) is 6.29. The number of hydrogen-bond acceptors (Lipinski definition) is 7. The number of nitrogens with one attached hydrogen (secondary N) is 1. The van der Waals surface area contributed by atoms with Gasteiger partial charge in [0, 0.05) is 64.0 Å². The Morgan fingerprint density at radius 1 is 1.00 bits per heavy atom. The summed E-state index contributed by atoms with van der Waals surface area (Å²) < 4.78 is 31.7. The van der Waals surface area contributed by atoms with Gasteiger partial charge in [0.05, 0.1) is 0 Å². The minimum atomic E-state index is -3.97. The molecule has 2 saturated heterocycles. The zero-order valence-corrected chi connectivity index (χ0v) is 19.1. The summed E-state index contributed by atoms with van der Waals surface area (Å²) >= 11 is 0. The highest BCUT2D eigenvalue weighted by Gasteiger charge is 2.54. The van der Waals surface area contributed by atoms with Gasteiger partial charge in [0.1, 0.15) is 5.82 Å². The Morgan fingerprint density at radius 2 is 1.66 bits per heavy atom. The van der Waals surface area contributed by atoms with Crippen LogP contribution in [0, 0.1) is 0 Å². The van der Waals surface area contributed by atoms with Crippen LogP contribution in [0.4, 0.5) is 5.82 Å². The van der Waals surface area contributed by atoms with Gasteiger partial charge in [-0.15, -0.1) is 12.4 Å². The number of rotatable bonds is 5. The number of carbonyl (C=O) groups excluding carboxylic acids is 1. The molecule has 1 aromatic carbocycles. The van der Waals surface area contributed by atoms with Crippen LogP contribution in [-0.2, 0) is 19.6 Å². The quantitative estimate of drug-likeness (QED) is 0.492. The Bertz CT molecular complexity index is 1010. The van der Waals surface area contributed by atoms with E-state index in [-0.39, 0.29) is 51.6 Å². The molecule has 1 amide bonds. The van der Waals surface area contributed by atoms with Crippen molar-refractivity contribution in [1.29, 1.82) is 0 Å². The van der Waals surface area contributed by atoms with Crippen molar-refractivity contribution in [3.8, 4) is 11.1 Å². The molecule has 0 aliphatic carbocycles. The number of nitrogens with zero attached hydrogens (tertiary/aromatic N) is 3. The van der Waals surface area contributed by atoms with Crippen molar-refractivity contribution in [3.05, 3.63) is 48.7 Å². The molecule has 0 spiro atoms. The molecule has 2 aliphatic rings. The smallest absolute Gasteiger partial charge is 0.266 e. The number of aromatic nitrogens is 1. The first-order valence-electron chi connectivity index (χ1n) is 10.3. The highest BCUT2D eigenvalue weighted by molar-refractivity contribution is 7.91. The van der Waals surface area contributed by atoms with E-state index in [9.17, 15) is 13.2 Å². The molecule has 0 radical (unpaired) electrons. The zero-order chi connectivity index (χ0) is 21.9. The van der Waals surface area contributed by atoms with Crippen LogP contribution >= 0.6 is 12.4 Å². The normalized spacial score (nSPS) is 19.1. The summed E-state index contributed by atoms with van der Waals surface area (Å²) in [5.74, 6) is -0.109. The molecule has 2 aromatic rings. The molecule has 9 nitrogen and oxygen atoms in total. The maximum Gasteiger partial charge on any atom is 0.266 e. The molecular weight excluding hydrogens is 456 g/mol. The second kappa shape index (κ2) is 10.1. The summed E-state index contributed by atoms with van der Waals surface area (Å²) in [6.45, 7) is 1.72. The molecule has 32 heavy (non-hydrogen) atoms. The van der Waals surface area contributed by atoms with Gasteiger partial charge in [-0.2, -0.15) is 4.31 Å². The Hall–Kier alpha value is -2.24. The van der Waals surface area contributed by atoms with Gasteiger partial charge in [0.2, 0.25) is 10.0 Å². The number of amides is 1. The van der Waals surface area contributed by atoms with Crippen LogP contribution in [0.2, 0.25) is 0 Å². The Labute approximate surface area is 193 Å². The van der Waals surface area contributed by atoms with Crippen molar-refractivity contribution in [3.63, 3.8) is 0 Å². The van der Waals surface area contributed by atoms with Gasteiger partial charge in [-0.3, -0.25) is 10.0 Å². The third-order valence-electron chi connectivity index (χ3n) is 6.07. The number of halogens is 1. The number of ether oxygens (including phenoxy) is 1. The molecule has 0 saturated carbocycles. The lowest BCUT2D eigenvalue weighted by Gasteiger charge is -2.41. The van der Waals surface area contributed by atoms with Crippen LogP contribution in [-0.4, -0.2) is 73.0 Å². The lowest BCUT2D eigenvalue weighted by Crippen LogP contribution is -2.62. The summed E-state index contributed by atoms with van der Waals surface area (Å²) in [5, 5.41) is 9.17. The van der Waals surface area contributed by atoms with Crippen LogP contribution < -0.4 is 10.4 Å². The number of piperazine rings is 1. The SMILES string of the molecule is Cl.O=C(NO)C1(S(=O)(=O)N2CCN(c3ccc(-c4ccccc4)cn3)CC2)CCOCC1. The highest BCUT2D eigenvalue weighted by Crippen LogP contribution is 2.33. The van der Waals surface area contributed by atoms with Gasteiger partial charge >= 0.3 is 0 Å². The van der Waals surface area contributed by atoms with Gasteiger partial charge < -0.3 is 9.64 Å². The van der Waals surface area contributed by atoms with Gasteiger partial charge in [-0.1, -0.05) is 30.3 Å². The molecule has 2 fully saturated rings. The van der Waals surface area contributed by atoms with Crippen LogP contribution in [0.5, 0.6) is 0 Å². The second-order valence-corrected chi connectivity index (χ2v) is 9.96. The molecule has 11 heteroatoms. The van der Waals surface area contributed by atoms with Crippen molar-refractivity contribution in [1.82, 2.24) is 14.8 Å². The Kier molecular flexibility index (Phi) is 7.73. The maximum atomic E-state index is 13.4. The lowest BCUT2D eigenvalue weighted by atomic mass is 9.98. The zero-order valence-electron chi connectivity index (χ0n) is 17.5. The van der Waals surface area contributed by atoms with E-state index in [1.54, 1.807) is 5.48 Å². The summed E-state index contributed by atoms with van der Waals surface area (Å²) in [6.07, 6.45) is 1.85. The molecule has 1 aromatic heterocycles. The fraction of sp³-hybridized carbons (Fsp3) is 0.429. The summed E-state index contributed by atoms with van der Waals surface area (Å²) in [6, 6.07) is 13.9. The first-order valence-corrected chi connectivity index (χ1v) is 11.7. The van der Waals surface area contributed by atoms with Gasteiger partial charge in [-0.25, -0.2) is 18.9 Å². The first kappa shape index (κ1) is 24.4. The topological polar surface area (TPSA) is 112 Å². The maximum absolute atomic E-state index is 13.4. The largest absolute Gasteiger partial charge is 0.381 e. The highest BCUT2D eigenvalue weighted by atomic mass is 35.5. The van der Waals surface area contributed by atoms with E-state index in [0.29, 0.717) is 13.1 Å². The standard InChI is InChI=1S/C21H26N4O5S.ClH/c26-20(23-27)21(8-14-30-15-9-21)31(28,29)25-12-10-24(11-13-25)19-7-6-18(16-22-19)17-4-2-1-3-5-17;/h1-7,16,27H,8-15H2,(H,23,26);1H. The van der Waals surface area contributed by atoms with E-state index in [2.05, 4.69) is 4.98 Å². The van der Waals surface area contributed by atoms with E-state index in [1.165, 1.54) is 4.31 Å². The number of pyridine rings is 1. The second-order valence-electron chi connectivity index (χ2n) is 7.71. The van der Waals surface area contributed by atoms with Crippen molar-refractivity contribution in [2.75, 3.05) is 44.3 Å². The van der Waals surface area contributed by atoms with Crippen LogP contribution in [0.1, 0.15) is 12.8 Å². The minimum Gasteiger partial charge on any atom is -0.381 e. The number of hydrogen-bond donors (Lipinski definition) is 2. The van der Waals surface area contributed by atoms with E-state index in [1.807, 2.05) is 53.6 Å². The van der Waals surface area contributed by atoms with Crippen molar-refractivity contribution >= 4 is 34.2 Å². The third kappa shape index (κ3) is 4.46. The van der Waals surface area contributed by atoms with Crippen molar-refractivity contribution < 1.29 is 23.2 Å². The Balaban J connectivity index is 0.00000289. The van der Waals surface area contributed by atoms with Crippen molar-refractivity contribution in [2.24, 2.45) is 0 Å². The monoisotopic (exact) mass is 482 g/mol. The molecule has 0 unspecified atom stereocenters. The van der Waals surface area contributed by atoms with Gasteiger partial charge in [0.15, 0.2) is 4.75 Å². The number of benzene rings is 1. The van der Waals surface area contributed by atoms with Crippen molar-refractivity contribution in [2.45, 2.75) is 17.6 Å². The molecule has 0 bridgehead atoms. The molecule has 3 heterocycles. The average Bonchev–Trinajstić information content (AvgIpc) is 2.84. The molecule has 174 valence electrons. The summed E-state index contributed by atoms with van der Waals surface area (Å²) in [5.41, 5.74) is 3.65. The number of anilines is 1. The predicted molar refractivity (Wildman–Crippen MR) is 122 cm³/mol. The summed E-state index contributed by atoms with van der Waals surface area (Å²) in [7, 11) is -3.97. The molecule has 0 atom stereocenters. The van der Waals surface area contributed by atoms with Gasteiger partial charge in [-0.05, 0) is 17.7 Å². The van der Waals surface area contributed by atoms with Crippen LogP contribution in [0.3, 0.4) is 0 Å². The number of hydroxylamine groups is 1. The van der Waals surface area contributed by atoms with Crippen LogP contribution in [0.25, 0.3) is 11.1 Å². The molecule has 2 N–H and O–H groups in total. The minimum absolute atomic E-state index is 0. The lowest BCUT2D eigenvalue weighted by molar-refractivity contribution is -0.134. The average molecular weight is 483 g/mol.